The van der Waals surface area contributed by atoms with Gasteiger partial charge in [0.05, 0.1) is 6.33 Å². The van der Waals surface area contributed by atoms with E-state index in [9.17, 15) is 4.79 Å². The van der Waals surface area contributed by atoms with Gasteiger partial charge in [0.2, 0.25) is 5.95 Å². The summed E-state index contributed by atoms with van der Waals surface area (Å²) in [4.78, 5) is 32.6. The van der Waals surface area contributed by atoms with E-state index in [4.69, 9.17) is 9.97 Å². The summed E-state index contributed by atoms with van der Waals surface area (Å²) in [5.74, 6) is 1.65. The first-order valence-corrected chi connectivity index (χ1v) is 11.7. The van der Waals surface area contributed by atoms with E-state index in [2.05, 4.69) is 26.7 Å². The summed E-state index contributed by atoms with van der Waals surface area (Å²) in [6.45, 7) is 6.63. The van der Waals surface area contributed by atoms with Gasteiger partial charge in [-0.2, -0.15) is 9.97 Å². The smallest absolute Gasteiger partial charge is 0.319 e. The molecule has 2 aliphatic heterocycles. The molecule has 2 saturated heterocycles. The van der Waals surface area contributed by atoms with E-state index >= 15 is 0 Å². The van der Waals surface area contributed by atoms with Crippen LogP contribution in [0.25, 0.3) is 11.2 Å². The van der Waals surface area contributed by atoms with Crippen LogP contribution in [0.1, 0.15) is 45.4 Å². The predicted octanol–water partition coefficient (Wildman–Crippen LogP) is 2.78. The van der Waals surface area contributed by atoms with E-state index < -0.39 is 0 Å². The van der Waals surface area contributed by atoms with Gasteiger partial charge in [0.15, 0.2) is 17.0 Å². The summed E-state index contributed by atoms with van der Waals surface area (Å²) in [6.07, 6.45) is 9.08. The molecule has 1 N–H and O–H groups in total. The molecule has 3 aliphatic rings. The molecular formula is C22H34N8O. The number of fused-ring (bicyclic) bond motifs is 1. The lowest BCUT2D eigenvalue weighted by atomic mass is 9.78. The number of anilines is 2. The highest BCUT2D eigenvalue weighted by Gasteiger charge is 2.46. The average molecular weight is 427 g/mol. The number of hydrogen-bond acceptors (Lipinski definition) is 6. The number of nitrogens with one attached hydrogen (secondary N) is 1. The van der Waals surface area contributed by atoms with Crippen molar-refractivity contribution in [1.82, 2.24) is 29.3 Å². The van der Waals surface area contributed by atoms with Crippen molar-refractivity contribution in [3.05, 3.63) is 6.33 Å². The van der Waals surface area contributed by atoms with E-state index in [1.165, 1.54) is 25.7 Å². The Kier molecular flexibility index (Phi) is 5.14. The van der Waals surface area contributed by atoms with Crippen LogP contribution in [0.2, 0.25) is 0 Å². The van der Waals surface area contributed by atoms with Gasteiger partial charge in [0.1, 0.15) is 0 Å². The van der Waals surface area contributed by atoms with Crippen LogP contribution < -0.4 is 10.2 Å². The van der Waals surface area contributed by atoms with Crippen molar-refractivity contribution < 1.29 is 4.79 Å². The van der Waals surface area contributed by atoms with Crippen LogP contribution in [0, 0.1) is 5.41 Å². The Bertz CT molecular complexity index is 948. The molecule has 3 fully saturated rings. The number of aryl methyl sites for hydroxylation is 1. The number of nitrogens with zero attached hydrogens (tertiary/aromatic N) is 7. The number of rotatable bonds is 4. The molecule has 1 aliphatic carbocycles. The largest absolute Gasteiger partial charge is 0.353 e. The van der Waals surface area contributed by atoms with Crippen molar-refractivity contribution in [2.45, 2.75) is 58.0 Å². The minimum atomic E-state index is 0.0869. The molecule has 2 aromatic heterocycles. The maximum absolute atomic E-state index is 12.2. The van der Waals surface area contributed by atoms with Crippen molar-refractivity contribution in [3.8, 4) is 0 Å². The monoisotopic (exact) mass is 426 g/mol. The van der Waals surface area contributed by atoms with Crippen molar-refractivity contribution in [3.63, 3.8) is 0 Å². The second-order valence-electron chi connectivity index (χ2n) is 9.72. The third-order valence-electron chi connectivity index (χ3n) is 7.28. The molecule has 31 heavy (non-hydrogen) atoms. The third-order valence-corrected chi connectivity index (χ3v) is 7.28. The topological polar surface area (TPSA) is 82.4 Å². The van der Waals surface area contributed by atoms with E-state index in [0.29, 0.717) is 11.4 Å². The maximum Gasteiger partial charge on any atom is 0.319 e. The molecule has 5 rings (SSSR count). The molecule has 9 nitrogen and oxygen atoms in total. The van der Waals surface area contributed by atoms with Gasteiger partial charge in [-0.25, -0.2) is 9.78 Å². The molecule has 4 heterocycles. The zero-order valence-electron chi connectivity index (χ0n) is 19.0. The number of imidazole rings is 1. The number of aromatic nitrogens is 4. The molecule has 0 radical (unpaired) electrons. The van der Waals surface area contributed by atoms with Crippen molar-refractivity contribution in [1.29, 1.82) is 0 Å². The van der Waals surface area contributed by atoms with Gasteiger partial charge in [-0.1, -0.05) is 12.8 Å². The summed E-state index contributed by atoms with van der Waals surface area (Å²) < 4.78 is 2.09. The normalized spacial score (nSPS) is 21.0. The molecular weight excluding hydrogens is 392 g/mol. The standard InChI is InChI=1S/C22H34N8O/c1-4-28-15-23-17-18(28)25-20(24-16-7-11-29(12-8-16)21(31)27(2)3)26-19(17)30-13-22(14-30)9-5-6-10-22/h15-16H,4-14H2,1-3H3,(H,24,25,26). The summed E-state index contributed by atoms with van der Waals surface area (Å²) in [7, 11) is 3.61. The Morgan fingerprint density at radius 2 is 1.90 bits per heavy atom. The Hall–Kier alpha value is -2.58. The number of urea groups is 1. The first kappa shape index (κ1) is 20.3. The van der Waals surface area contributed by atoms with Crippen LogP contribution in [0.15, 0.2) is 6.33 Å². The molecule has 0 atom stereocenters. The maximum atomic E-state index is 12.2. The molecule has 0 bridgehead atoms. The fourth-order valence-electron chi connectivity index (χ4n) is 5.48. The predicted molar refractivity (Wildman–Crippen MR) is 121 cm³/mol. The van der Waals surface area contributed by atoms with E-state index in [0.717, 1.165) is 62.5 Å². The van der Waals surface area contributed by atoms with E-state index in [1.807, 2.05) is 11.2 Å². The van der Waals surface area contributed by atoms with Crippen LogP contribution >= 0.6 is 0 Å². The Morgan fingerprint density at radius 1 is 1.19 bits per heavy atom. The number of hydrogen-bond donors (Lipinski definition) is 1. The van der Waals surface area contributed by atoms with Crippen LogP contribution in [-0.4, -0.2) is 81.7 Å². The molecule has 2 amide bonds. The highest BCUT2D eigenvalue weighted by atomic mass is 16.2. The summed E-state index contributed by atoms with van der Waals surface area (Å²) >= 11 is 0. The van der Waals surface area contributed by atoms with Crippen molar-refractivity contribution >= 4 is 29.0 Å². The SMILES string of the molecule is CCn1cnc2c(N3CC4(CCCC4)C3)nc(NC3CCN(C(=O)N(C)C)CC3)nc21. The molecule has 0 unspecified atom stereocenters. The summed E-state index contributed by atoms with van der Waals surface area (Å²) in [5.41, 5.74) is 2.32. The Morgan fingerprint density at radius 3 is 2.55 bits per heavy atom. The summed E-state index contributed by atoms with van der Waals surface area (Å²) in [5, 5.41) is 3.57. The second kappa shape index (κ2) is 7.84. The molecule has 168 valence electrons. The Labute approximate surface area is 183 Å². The first-order valence-electron chi connectivity index (χ1n) is 11.7. The van der Waals surface area contributed by atoms with Crippen LogP contribution in [0.3, 0.4) is 0 Å². The minimum absolute atomic E-state index is 0.0869. The van der Waals surface area contributed by atoms with Crippen molar-refractivity contribution in [2.75, 3.05) is 50.5 Å². The number of amides is 2. The highest BCUT2D eigenvalue weighted by molar-refractivity contribution is 5.85. The number of carbonyl (C=O) groups excluding carboxylic acids is 1. The van der Waals surface area contributed by atoms with Gasteiger partial charge >= 0.3 is 6.03 Å². The van der Waals surface area contributed by atoms with E-state index in [-0.39, 0.29) is 12.1 Å². The fourth-order valence-corrected chi connectivity index (χ4v) is 5.48. The zero-order valence-corrected chi connectivity index (χ0v) is 19.0. The lowest BCUT2D eigenvalue weighted by Gasteiger charge is -2.49. The summed E-state index contributed by atoms with van der Waals surface area (Å²) in [6, 6.07) is 0.357. The highest BCUT2D eigenvalue weighted by Crippen LogP contribution is 2.47. The number of likely N-dealkylation sites (tertiary alicyclic amines) is 1. The van der Waals surface area contributed by atoms with Crippen molar-refractivity contribution in [2.24, 2.45) is 5.41 Å². The van der Waals surface area contributed by atoms with Crippen LogP contribution in [0.4, 0.5) is 16.6 Å². The van der Waals surface area contributed by atoms with Gasteiger partial charge in [-0.15, -0.1) is 0 Å². The second-order valence-corrected chi connectivity index (χ2v) is 9.72. The molecule has 1 saturated carbocycles. The lowest BCUT2D eigenvalue weighted by molar-refractivity contribution is 0.158. The lowest BCUT2D eigenvalue weighted by Crippen LogP contribution is -2.55. The number of carbonyl (C=O) groups is 1. The van der Waals surface area contributed by atoms with Crippen LogP contribution in [0.5, 0.6) is 0 Å². The van der Waals surface area contributed by atoms with Gasteiger partial charge in [-0.05, 0) is 32.6 Å². The van der Waals surface area contributed by atoms with E-state index in [1.54, 1.807) is 19.0 Å². The van der Waals surface area contributed by atoms with Gasteiger partial charge in [-0.3, -0.25) is 0 Å². The van der Waals surface area contributed by atoms with Gasteiger partial charge < -0.3 is 24.6 Å². The minimum Gasteiger partial charge on any atom is -0.353 e. The quantitative estimate of drug-likeness (QED) is 0.810. The molecule has 1 spiro atoms. The molecule has 0 aromatic carbocycles. The first-order chi connectivity index (χ1) is 15.0. The average Bonchev–Trinajstić information content (AvgIpc) is 3.39. The molecule has 2 aromatic rings. The van der Waals surface area contributed by atoms with Gasteiger partial charge in [0, 0.05) is 58.3 Å². The zero-order chi connectivity index (χ0) is 21.6. The number of piperidine rings is 1. The van der Waals surface area contributed by atoms with Crippen LogP contribution in [-0.2, 0) is 6.54 Å². The third kappa shape index (κ3) is 3.68. The fraction of sp³-hybridized carbons (Fsp3) is 0.727. The molecule has 9 heteroatoms. The van der Waals surface area contributed by atoms with Gasteiger partial charge in [0.25, 0.3) is 0 Å². The Balaban J connectivity index is 1.34.